The molecular formula is C28H29F2N3O2. The summed E-state index contributed by atoms with van der Waals surface area (Å²) >= 11 is 0. The van der Waals surface area contributed by atoms with Crippen LogP contribution >= 0.6 is 0 Å². The second kappa shape index (κ2) is 8.72. The van der Waals surface area contributed by atoms with Gasteiger partial charge in [0, 0.05) is 23.6 Å². The van der Waals surface area contributed by atoms with Crippen LogP contribution in [-0.2, 0) is 12.8 Å². The Kier molecular flexibility index (Phi) is 5.83. The Morgan fingerprint density at radius 1 is 1.20 bits per heavy atom. The molecule has 2 N–H and O–H groups in total. The Bertz CT molecular complexity index is 1330. The third-order valence-corrected chi connectivity index (χ3v) is 7.84. The van der Waals surface area contributed by atoms with E-state index in [1.807, 2.05) is 37.3 Å². The van der Waals surface area contributed by atoms with Gasteiger partial charge in [0.2, 0.25) is 0 Å². The number of aliphatic hydroxyl groups is 1. The van der Waals surface area contributed by atoms with Crippen molar-refractivity contribution in [2.75, 3.05) is 6.54 Å². The van der Waals surface area contributed by atoms with E-state index < -0.39 is 22.7 Å². The molecule has 5 nitrogen and oxygen atoms in total. The predicted octanol–water partition coefficient (Wildman–Crippen LogP) is 5.00. The van der Waals surface area contributed by atoms with Gasteiger partial charge in [-0.05, 0) is 74.4 Å². The lowest BCUT2D eigenvalue weighted by Crippen LogP contribution is -2.45. The third-order valence-electron chi connectivity index (χ3n) is 7.84. The summed E-state index contributed by atoms with van der Waals surface area (Å²) in [5.41, 5.74) is 3.57. The van der Waals surface area contributed by atoms with Crippen molar-refractivity contribution < 1.29 is 18.7 Å². The van der Waals surface area contributed by atoms with Crippen LogP contribution in [0.4, 0.5) is 8.78 Å². The first kappa shape index (κ1) is 23.4. The number of nitrogens with one attached hydrogen (secondary N) is 1. The molecule has 2 aliphatic rings. The summed E-state index contributed by atoms with van der Waals surface area (Å²) < 4.78 is 28.9. The van der Waals surface area contributed by atoms with Crippen molar-refractivity contribution in [1.82, 2.24) is 15.1 Å². The van der Waals surface area contributed by atoms with Crippen molar-refractivity contribution in [2.45, 2.75) is 51.6 Å². The highest BCUT2D eigenvalue weighted by Crippen LogP contribution is 2.56. The van der Waals surface area contributed by atoms with Crippen molar-refractivity contribution in [2.24, 2.45) is 5.41 Å². The summed E-state index contributed by atoms with van der Waals surface area (Å²) in [5.74, 6) is -1.90. The predicted molar refractivity (Wildman–Crippen MR) is 130 cm³/mol. The molecule has 5 rings (SSSR count). The Hall–Kier alpha value is -3.32. The SMILES string of the molecule is CCNC(=O)c1ccccc1CC[C@]1(O)CCC2=Cc3c(cnn3-c3ccc(F)c(F)c3)C[C@@]21C. The number of fused-ring (bicyclic) bond motifs is 2. The van der Waals surface area contributed by atoms with Gasteiger partial charge in [-0.3, -0.25) is 4.79 Å². The first-order valence-corrected chi connectivity index (χ1v) is 12.1. The lowest BCUT2D eigenvalue weighted by molar-refractivity contribution is -0.0461. The van der Waals surface area contributed by atoms with Gasteiger partial charge >= 0.3 is 0 Å². The molecule has 2 atom stereocenters. The highest BCUT2D eigenvalue weighted by molar-refractivity contribution is 5.95. The molecule has 0 bridgehead atoms. The van der Waals surface area contributed by atoms with Gasteiger partial charge in [-0.2, -0.15) is 5.10 Å². The van der Waals surface area contributed by atoms with Crippen LogP contribution in [0.15, 0.2) is 54.2 Å². The van der Waals surface area contributed by atoms with Crippen molar-refractivity contribution in [1.29, 1.82) is 0 Å². The fourth-order valence-corrected chi connectivity index (χ4v) is 5.71. The van der Waals surface area contributed by atoms with Gasteiger partial charge in [-0.25, -0.2) is 13.5 Å². The first-order chi connectivity index (χ1) is 16.8. The van der Waals surface area contributed by atoms with Crippen molar-refractivity contribution in [3.8, 4) is 5.69 Å². The second-order valence-corrected chi connectivity index (χ2v) is 9.79. The quantitative estimate of drug-likeness (QED) is 0.525. The van der Waals surface area contributed by atoms with E-state index >= 15 is 0 Å². The van der Waals surface area contributed by atoms with E-state index in [0.29, 0.717) is 43.5 Å². The maximum Gasteiger partial charge on any atom is 0.251 e. The van der Waals surface area contributed by atoms with Crippen molar-refractivity contribution in [3.05, 3.63) is 88.3 Å². The van der Waals surface area contributed by atoms with Gasteiger partial charge in [-0.1, -0.05) is 30.7 Å². The lowest BCUT2D eigenvalue weighted by atomic mass is 9.65. The monoisotopic (exact) mass is 477 g/mol. The molecular weight excluding hydrogens is 448 g/mol. The van der Waals surface area contributed by atoms with Gasteiger partial charge in [0.1, 0.15) is 0 Å². The molecule has 0 aliphatic heterocycles. The number of halogens is 2. The zero-order valence-electron chi connectivity index (χ0n) is 19.9. The number of carbonyl (C=O) groups is 1. The van der Waals surface area contributed by atoms with Crippen LogP contribution < -0.4 is 5.32 Å². The first-order valence-electron chi connectivity index (χ1n) is 12.1. The molecule has 3 aromatic rings. The zero-order valence-corrected chi connectivity index (χ0v) is 19.9. The third kappa shape index (κ3) is 3.88. The van der Waals surface area contributed by atoms with Crippen molar-refractivity contribution in [3.63, 3.8) is 0 Å². The summed E-state index contributed by atoms with van der Waals surface area (Å²) in [6, 6.07) is 11.3. The van der Waals surface area contributed by atoms with Gasteiger partial charge in [0.15, 0.2) is 11.6 Å². The number of aryl methyl sites for hydroxylation is 1. The van der Waals surface area contributed by atoms with Crippen LogP contribution in [0.3, 0.4) is 0 Å². The second-order valence-electron chi connectivity index (χ2n) is 9.79. The van der Waals surface area contributed by atoms with Crippen LogP contribution in [0.5, 0.6) is 0 Å². The molecule has 0 saturated heterocycles. The smallest absolute Gasteiger partial charge is 0.251 e. The molecule has 182 valence electrons. The van der Waals surface area contributed by atoms with Gasteiger partial charge in [0.25, 0.3) is 5.91 Å². The van der Waals surface area contributed by atoms with Crippen LogP contribution in [0, 0.1) is 17.0 Å². The minimum atomic E-state index is -0.936. The van der Waals surface area contributed by atoms with Gasteiger partial charge in [0.05, 0.1) is 23.2 Å². The molecule has 0 radical (unpaired) electrons. The number of rotatable bonds is 6. The molecule has 0 unspecified atom stereocenters. The number of hydrogen-bond acceptors (Lipinski definition) is 3. The van der Waals surface area contributed by atoms with E-state index in [-0.39, 0.29) is 5.91 Å². The van der Waals surface area contributed by atoms with E-state index in [1.54, 1.807) is 10.9 Å². The maximum absolute atomic E-state index is 13.8. The average molecular weight is 478 g/mol. The van der Waals surface area contributed by atoms with E-state index in [4.69, 9.17) is 0 Å². The fourth-order valence-electron chi connectivity index (χ4n) is 5.71. The highest BCUT2D eigenvalue weighted by Gasteiger charge is 2.54. The molecule has 35 heavy (non-hydrogen) atoms. The minimum Gasteiger partial charge on any atom is -0.389 e. The summed E-state index contributed by atoms with van der Waals surface area (Å²) in [7, 11) is 0. The van der Waals surface area contributed by atoms with Crippen LogP contribution in [-0.4, -0.2) is 32.9 Å². The molecule has 1 saturated carbocycles. The lowest BCUT2D eigenvalue weighted by Gasteiger charge is -2.42. The standard InChI is InChI=1S/C28H29F2N3O2/c1-3-31-26(34)22-7-5-4-6-18(22)10-12-28(35)13-11-20-14-25-19(16-27(20,28)2)17-32-33(25)21-8-9-23(29)24(30)15-21/h4-9,14-15,17,35H,3,10-13,16H2,1-2H3,(H,31,34)/t27-,28-/m0/s1. The Balaban J connectivity index is 1.41. The van der Waals surface area contributed by atoms with Crippen molar-refractivity contribution >= 4 is 12.0 Å². The summed E-state index contributed by atoms with van der Waals surface area (Å²) in [4.78, 5) is 12.5. The molecule has 1 fully saturated rings. The van der Waals surface area contributed by atoms with Gasteiger partial charge in [-0.15, -0.1) is 0 Å². The Morgan fingerprint density at radius 2 is 2.00 bits per heavy atom. The minimum absolute atomic E-state index is 0.0970. The largest absolute Gasteiger partial charge is 0.389 e. The molecule has 2 aromatic carbocycles. The summed E-state index contributed by atoms with van der Waals surface area (Å²) in [5, 5.41) is 19.2. The number of hydrogen-bond donors (Lipinski definition) is 2. The highest BCUT2D eigenvalue weighted by atomic mass is 19.2. The maximum atomic E-state index is 13.8. The number of carbonyl (C=O) groups excluding carboxylic acids is 1. The Morgan fingerprint density at radius 3 is 2.77 bits per heavy atom. The van der Waals surface area contributed by atoms with E-state index in [0.717, 1.165) is 40.9 Å². The van der Waals surface area contributed by atoms with E-state index in [9.17, 15) is 18.7 Å². The molecule has 1 heterocycles. The molecule has 7 heteroatoms. The van der Waals surface area contributed by atoms with Crippen LogP contribution in [0.25, 0.3) is 11.8 Å². The van der Waals surface area contributed by atoms with Crippen LogP contribution in [0.2, 0.25) is 0 Å². The van der Waals surface area contributed by atoms with E-state index in [2.05, 4.69) is 17.3 Å². The molecule has 0 spiro atoms. The van der Waals surface area contributed by atoms with E-state index in [1.165, 1.54) is 6.07 Å². The Labute approximate surface area is 203 Å². The normalized spacial score (nSPS) is 22.9. The topological polar surface area (TPSA) is 67.2 Å². The average Bonchev–Trinajstić information content (AvgIpc) is 3.36. The fraction of sp³-hybridized carbons (Fsp3) is 0.357. The number of aromatic nitrogens is 2. The zero-order chi connectivity index (χ0) is 24.8. The molecule has 1 aromatic heterocycles. The molecule has 2 aliphatic carbocycles. The number of benzene rings is 2. The summed E-state index contributed by atoms with van der Waals surface area (Å²) in [6.45, 7) is 4.55. The number of amides is 1. The number of nitrogens with zero attached hydrogens (tertiary/aromatic N) is 2. The summed E-state index contributed by atoms with van der Waals surface area (Å²) in [6.07, 6.45) is 6.89. The van der Waals surface area contributed by atoms with Crippen LogP contribution in [0.1, 0.15) is 60.3 Å². The molecule has 1 amide bonds. The van der Waals surface area contributed by atoms with Gasteiger partial charge < -0.3 is 10.4 Å².